The molecule has 0 unspecified atom stereocenters. The molecule has 1 rings (SSSR count). The molecule has 7 nitrogen and oxygen atoms in total. The Balaban J connectivity index is 3.13. The summed E-state index contributed by atoms with van der Waals surface area (Å²) in [5.41, 5.74) is -0.580. The van der Waals surface area contributed by atoms with Crippen molar-refractivity contribution in [3.05, 3.63) is 38.2 Å². The fourth-order valence-electron chi connectivity index (χ4n) is 0.959. The van der Waals surface area contributed by atoms with Crippen LogP contribution in [0.5, 0.6) is 0 Å². The predicted octanol–water partition coefficient (Wildman–Crippen LogP) is -0.0898. The molecule has 0 aliphatic carbocycles. The first-order valence-electron chi connectivity index (χ1n) is 3.58. The summed E-state index contributed by atoms with van der Waals surface area (Å²) in [5, 5.41) is 18.7. The number of aromatic nitrogens is 1. The number of hydrogen-bond acceptors (Lipinski definition) is 4. The lowest BCUT2D eigenvalue weighted by molar-refractivity contribution is -0.389. The second kappa shape index (κ2) is 3.69. The predicted molar refractivity (Wildman–Crippen MR) is 45.1 cm³/mol. The average molecular weight is 198 g/mol. The summed E-state index contributed by atoms with van der Waals surface area (Å²) in [6.45, 7) is 0. The number of nitrogens with one attached hydrogen (secondary N) is 1. The Labute approximate surface area is 77.2 Å². The lowest BCUT2D eigenvalue weighted by atomic mass is 10.2. The van der Waals surface area contributed by atoms with Crippen LogP contribution in [0.4, 0.5) is 5.82 Å². The highest BCUT2D eigenvalue weighted by atomic mass is 16.6. The molecule has 0 saturated heterocycles. The van der Waals surface area contributed by atoms with Gasteiger partial charge in [-0.3, -0.25) is 4.79 Å². The van der Waals surface area contributed by atoms with E-state index in [4.69, 9.17) is 5.11 Å². The van der Waals surface area contributed by atoms with Crippen molar-refractivity contribution in [1.29, 1.82) is 0 Å². The van der Waals surface area contributed by atoms with Gasteiger partial charge in [0.1, 0.15) is 0 Å². The zero-order chi connectivity index (χ0) is 10.7. The number of carboxylic acids is 1. The molecule has 14 heavy (non-hydrogen) atoms. The van der Waals surface area contributed by atoms with Gasteiger partial charge >= 0.3 is 17.3 Å². The van der Waals surface area contributed by atoms with Gasteiger partial charge in [-0.1, -0.05) is 0 Å². The van der Waals surface area contributed by atoms with E-state index in [9.17, 15) is 19.7 Å². The Morgan fingerprint density at radius 1 is 1.57 bits per heavy atom. The highest BCUT2D eigenvalue weighted by Gasteiger charge is 2.09. The molecular weight excluding hydrogens is 192 g/mol. The van der Waals surface area contributed by atoms with Gasteiger partial charge < -0.3 is 15.2 Å². The summed E-state index contributed by atoms with van der Waals surface area (Å²) in [4.78, 5) is 32.6. The maximum atomic E-state index is 10.8. The van der Waals surface area contributed by atoms with Gasteiger partial charge in [0, 0.05) is 12.1 Å². The van der Waals surface area contributed by atoms with Crippen molar-refractivity contribution in [1.82, 2.24) is 4.98 Å². The third kappa shape index (κ3) is 2.41. The van der Waals surface area contributed by atoms with Crippen LogP contribution < -0.4 is 5.56 Å². The van der Waals surface area contributed by atoms with E-state index >= 15 is 0 Å². The molecule has 7 heteroatoms. The van der Waals surface area contributed by atoms with Crippen molar-refractivity contribution >= 4 is 11.8 Å². The van der Waals surface area contributed by atoms with Crippen molar-refractivity contribution < 1.29 is 14.8 Å². The maximum absolute atomic E-state index is 10.8. The summed E-state index contributed by atoms with van der Waals surface area (Å²) in [6, 6.07) is 2.04. The highest BCUT2D eigenvalue weighted by Crippen LogP contribution is 2.06. The summed E-state index contributed by atoms with van der Waals surface area (Å²) < 4.78 is 0. The van der Waals surface area contributed by atoms with Crippen molar-refractivity contribution in [2.45, 2.75) is 6.42 Å². The number of rotatable bonds is 3. The van der Waals surface area contributed by atoms with E-state index in [1.807, 2.05) is 4.98 Å². The van der Waals surface area contributed by atoms with Crippen molar-refractivity contribution in [2.24, 2.45) is 0 Å². The maximum Gasteiger partial charge on any atom is 0.332 e. The molecule has 0 aliphatic rings. The third-order valence-corrected chi connectivity index (χ3v) is 1.44. The fourth-order valence-corrected chi connectivity index (χ4v) is 0.959. The van der Waals surface area contributed by atoms with Gasteiger partial charge in [-0.15, -0.1) is 0 Å². The molecule has 0 amide bonds. The molecule has 1 aromatic heterocycles. The minimum atomic E-state index is -1.15. The first-order valence-corrected chi connectivity index (χ1v) is 3.58. The van der Waals surface area contributed by atoms with Crippen LogP contribution in [-0.4, -0.2) is 21.0 Å². The monoisotopic (exact) mass is 198 g/mol. The van der Waals surface area contributed by atoms with Crippen LogP contribution >= 0.6 is 0 Å². The average Bonchev–Trinajstić information content (AvgIpc) is 2.01. The fraction of sp³-hybridized carbons (Fsp3) is 0.143. The first kappa shape index (κ1) is 9.90. The molecule has 0 spiro atoms. The molecule has 0 radical (unpaired) electrons. The van der Waals surface area contributed by atoms with Crippen LogP contribution in [0.25, 0.3) is 0 Å². The molecular formula is C7H6N2O5. The zero-order valence-electron chi connectivity index (χ0n) is 6.89. The van der Waals surface area contributed by atoms with Crippen LogP contribution in [-0.2, 0) is 11.2 Å². The summed E-state index contributed by atoms with van der Waals surface area (Å²) in [7, 11) is 0. The number of aromatic amines is 1. The number of carboxylic acid groups (broad SMARTS) is 1. The lowest BCUT2D eigenvalue weighted by Gasteiger charge is -1.96. The van der Waals surface area contributed by atoms with Crippen LogP contribution in [0.3, 0.4) is 0 Å². The Morgan fingerprint density at radius 2 is 2.21 bits per heavy atom. The van der Waals surface area contributed by atoms with Crippen molar-refractivity contribution in [3.63, 3.8) is 0 Å². The summed E-state index contributed by atoms with van der Waals surface area (Å²) in [5.74, 6) is -1.65. The number of aliphatic carboxylic acids is 1. The standard InChI is InChI=1S/C7H6N2O5/c10-6-2-4(3-7(11)12)1-5(8-6)9(13)14/h1-2H,3H2,(H,8,10)(H,11,12). The normalized spacial score (nSPS) is 9.71. The molecule has 0 aromatic carbocycles. The summed E-state index contributed by atoms with van der Waals surface area (Å²) >= 11 is 0. The van der Waals surface area contributed by atoms with E-state index in [1.54, 1.807) is 0 Å². The molecule has 0 aliphatic heterocycles. The van der Waals surface area contributed by atoms with E-state index in [-0.39, 0.29) is 5.56 Å². The summed E-state index contributed by atoms with van der Waals surface area (Å²) in [6.07, 6.45) is -0.412. The van der Waals surface area contributed by atoms with Crippen LogP contribution in [0.15, 0.2) is 16.9 Å². The quantitative estimate of drug-likeness (QED) is 0.520. The largest absolute Gasteiger partial charge is 0.481 e. The Hall–Kier alpha value is -2.18. The van der Waals surface area contributed by atoms with Gasteiger partial charge in [-0.2, -0.15) is 0 Å². The number of carbonyl (C=O) groups is 1. The van der Waals surface area contributed by atoms with Crippen LogP contribution in [0.1, 0.15) is 5.56 Å². The second-order valence-corrected chi connectivity index (χ2v) is 2.57. The molecule has 0 bridgehead atoms. The third-order valence-electron chi connectivity index (χ3n) is 1.44. The van der Waals surface area contributed by atoms with E-state index in [0.29, 0.717) is 0 Å². The van der Waals surface area contributed by atoms with Crippen molar-refractivity contribution in [3.8, 4) is 0 Å². The Morgan fingerprint density at radius 3 is 2.71 bits per heavy atom. The van der Waals surface area contributed by atoms with Gasteiger partial charge in [-0.25, -0.2) is 9.78 Å². The van der Waals surface area contributed by atoms with Gasteiger partial charge in [0.15, 0.2) is 0 Å². The van der Waals surface area contributed by atoms with E-state index in [0.717, 1.165) is 12.1 Å². The van der Waals surface area contributed by atoms with E-state index in [1.165, 1.54) is 0 Å². The minimum Gasteiger partial charge on any atom is -0.481 e. The van der Waals surface area contributed by atoms with Crippen LogP contribution in [0, 0.1) is 10.1 Å². The SMILES string of the molecule is O=C(O)Cc1cc([N+](=O)[O-])[nH]c(=O)c1. The van der Waals surface area contributed by atoms with E-state index < -0.39 is 28.7 Å². The van der Waals surface area contributed by atoms with E-state index in [2.05, 4.69) is 0 Å². The Bertz CT molecular complexity index is 436. The van der Waals surface area contributed by atoms with Crippen molar-refractivity contribution in [2.75, 3.05) is 0 Å². The molecule has 2 N–H and O–H groups in total. The Kier molecular flexibility index (Phi) is 2.61. The molecule has 0 atom stereocenters. The van der Waals surface area contributed by atoms with Gasteiger partial charge in [0.25, 0.3) is 0 Å². The molecule has 1 aromatic rings. The number of nitro groups is 1. The number of hydrogen-bond donors (Lipinski definition) is 2. The topological polar surface area (TPSA) is 113 Å². The molecule has 1 heterocycles. The first-order chi connectivity index (χ1) is 6.49. The number of H-pyrrole nitrogens is 1. The highest BCUT2D eigenvalue weighted by molar-refractivity contribution is 5.70. The zero-order valence-corrected chi connectivity index (χ0v) is 6.89. The number of nitrogens with zero attached hydrogens (tertiary/aromatic N) is 1. The number of pyridine rings is 1. The van der Waals surface area contributed by atoms with Gasteiger partial charge in [0.2, 0.25) is 0 Å². The molecule has 74 valence electrons. The van der Waals surface area contributed by atoms with Crippen LogP contribution in [0.2, 0.25) is 0 Å². The van der Waals surface area contributed by atoms with Gasteiger partial charge in [-0.05, 0) is 10.5 Å². The van der Waals surface area contributed by atoms with Gasteiger partial charge in [0.05, 0.1) is 6.42 Å². The second-order valence-electron chi connectivity index (χ2n) is 2.57. The molecule has 0 saturated carbocycles. The smallest absolute Gasteiger partial charge is 0.332 e. The molecule has 0 fully saturated rings. The minimum absolute atomic E-state index is 0.105. The lowest BCUT2D eigenvalue weighted by Crippen LogP contribution is -2.11.